The zero-order valence-corrected chi connectivity index (χ0v) is 22.9. The average molecular weight is 479 g/mol. The van der Waals surface area contributed by atoms with Crippen molar-refractivity contribution in [1.82, 2.24) is 0 Å². The number of rotatable bonds is 22. The van der Waals surface area contributed by atoms with Crippen LogP contribution in [0.25, 0.3) is 0 Å². The summed E-state index contributed by atoms with van der Waals surface area (Å²) in [4.78, 5) is 26.4. The molecule has 34 heavy (non-hydrogen) atoms. The Morgan fingerprint density at radius 3 is 1.06 bits per heavy atom. The summed E-state index contributed by atoms with van der Waals surface area (Å²) in [6.07, 6.45) is 25.8. The van der Waals surface area contributed by atoms with E-state index in [1.54, 1.807) is 0 Å². The lowest BCUT2D eigenvalue weighted by molar-refractivity contribution is -0.138. The molecule has 4 N–H and O–H groups in total. The van der Waals surface area contributed by atoms with Crippen molar-refractivity contribution < 1.29 is 9.59 Å². The second-order valence-electron chi connectivity index (χ2n) is 11.2. The Balaban J connectivity index is 2.36. The second kappa shape index (κ2) is 18.5. The van der Waals surface area contributed by atoms with Crippen molar-refractivity contribution >= 4 is 11.6 Å². The predicted octanol–water partition coefficient (Wildman–Crippen LogP) is 7.94. The van der Waals surface area contributed by atoms with Crippen LogP contribution in [0.4, 0.5) is 0 Å². The Morgan fingerprint density at radius 2 is 0.765 bits per heavy atom. The van der Waals surface area contributed by atoms with E-state index >= 15 is 0 Å². The van der Waals surface area contributed by atoms with Gasteiger partial charge in [0.25, 0.3) is 0 Å². The molecule has 1 saturated carbocycles. The van der Waals surface area contributed by atoms with Crippen molar-refractivity contribution in [3.05, 3.63) is 0 Å². The van der Waals surface area contributed by atoms with Crippen LogP contribution in [0.3, 0.4) is 0 Å². The molecule has 0 amide bonds. The maximum atomic E-state index is 13.2. The van der Waals surface area contributed by atoms with Gasteiger partial charge in [0.15, 0.2) is 11.6 Å². The lowest BCUT2D eigenvalue weighted by atomic mass is 9.62. The van der Waals surface area contributed by atoms with E-state index in [9.17, 15) is 9.59 Å². The molecule has 1 rings (SSSR count). The molecule has 2 atom stereocenters. The summed E-state index contributed by atoms with van der Waals surface area (Å²) in [6.45, 7) is 4.49. The first-order chi connectivity index (χ1) is 16.4. The van der Waals surface area contributed by atoms with E-state index in [0.29, 0.717) is 25.7 Å². The van der Waals surface area contributed by atoms with Gasteiger partial charge in [-0.25, -0.2) is 0 Å². The molecule has 1 aliphatic carbocycles. The zero-order valence-electron chi connectivity index (χ0n) is 22.9. The Labute approximate surface area is 211 Å². The highest BCUT2D eigenvalue weighted by Crippen LogP contribution is 2.37. The molecule has 1 aliphatic rings. The molecule has 0 radical (unpaired) electrons. The van der Waals surface area contributed by atoms with E-state index in [1.165, 1.54) is 89.9 Å². The van der Waals surface area contributed by atoms with Gasteiger partial charge in [-0.3, -0.25) is 9.59 Å². The highest BCUT2D eigenvalue weighted by molar-refractivity contribution is 6.01. The highest BCUT2D eigenvalue weighted by Gasteiger charge is 2.55. The lowest BCUT2D eigenvalue weighted by Gasteiger charge is -2.47. The van der Waals surface area contributed by atoms with Gasteiger partial charge in [0.2, 0.25) is 0 Å². The van der Waals surface area contributed by atoms with Gasteiger partial charge in [-0.05, 0) is 25.7 Å². The van der Waals surface area contributed by atoms with Gasteiger partial charge in [-0.1, -0.05) is 129 Å². The molecular weight excluding hydrogens is 420 g/mol. The van der Waals surface area contributed by atoms with Gasteiger partial charge < -0.3 is 11.5 Å². The Hall–Kier alpha value is -0.740. The van der Waals surface area contributed by atoms with Crippen molar-refractivity contribution in [3.63, 3.8) is 0 Å². The zero-order chi connectivity index (χ0) is 25.1. The van der Waals surface area contributed by atoms with Crippen LogP contribution in [-0.2, 0) is 9.59 Å². The third-order valence-corrected chi connectivity index (χ3v) is 8.20. The van der Waals surface area contributed by atoms with Crippen molar-refractivity contribution in [2.24, 2.45) is 11.5 Å². The SMILES string of the molecule is CCCCCCCCCCCC(=O)C1(N)CCCCC1(N)C(=O)CCCCCCCCCCC. The summed E-state index contributed by atoms with van der Waals surface area (Å²) in [6, 6.07) is 0. The fraction of sp³-hybridized carbons (Fsp3) is 0.933. The molecule has 2 unspecified atom stereocenters. The van der Waals surface area contributed by atoms with Gasteiger partial charge in [0.1, 0.15) is 11.1 Å². The number of carbonyl (C=O) groups excluding carboxylic acids is 2. The van der Waals surface area contributed by atoms with Gasteiger partial charge in [-0.2, -0.15) is 0 Å². The fourth-order valence-corrected chi connectivity index (χ4v) is 5.67. The second-order valence-corrected chi connectivity index (χ2v) is 11.2. The summed E-state index contributed by atoms with van der Waals surface area (Å²) in [5.74, 6) is 0.0520. The summed E-state index contributed by atoms with van der Waals surface area (Å²) in [5, 5.41) is 0. The molecule has 200 valence electrons. The van der Waals surface area contributed by atoms with E-state index in [-0.39, 0.29) is 11.6 Å². The largest absolute Gasteiger partial charge is 0.317 e. The molecule has 0 aromatic heterocycles. The fourth-order valence-electron chi connectivity index (χ4n) is 5.67. The van der Waals surface area contributed by atoms with Crippen molar-refractivity contribution in [2.75, 3.05) is 0 Å². The number of Topliss-reactive ketones (excluding diaryl/α,β-unsaturated/α-hetero) is 2. The summed E-state index contributed by atoms with van der Waals surface area (Å²) in [5.41, 5.74) is 11.1. The minimum Gasteiger partial charge on any atom is -0.317 e. The minimum atomic E-state index is -1.16. The van der Waals surface area contributed by atoms with E-state index in [2.05, 4.69) is 13.8 Å². The van der Waals surface area contributed by atoms with Crippen LogP contribution in [0.1, 0.15) is 168 Å². The number of nitrogens with two attached hydrogens (primary N) is 2. The van der Waals surface area contributed by atoms with Crippen molar-refractivity contribution in [3.8, 4) is 0 Å². The van der Waals surface area contributed by atoms with Crippen LogP contribution in [0.2, 0.25) is 0 Å². The lowest BCUT2D eigenvalue weighted by Crippen LogP contribution is -2.74. The van der Waals surface area contributed by atoms with E-state index < -0.39 is 11.1 Å². The van der Waals surface area contributed by atoms with Crippen LogP contribution in [-0.4, -0.2) is 22.6 Å². The number of carbonyl (C=O) groups is 2. The van der Waals surface area contributed by atoms with Crippen LogP contribution < -0.4 is 11.5 Å². The normalized spacial score (nSPS) is 22.7. The Bertz CT molecular complexity index is 502. The first-order valence-electron chi connectivity index (χ1n) is 15.1. The van der Waals surface area contributed by atoms with Crippen molar-refractivity contribution in [2.45, 2.75) is 179 Å². The quantitative estimate of drug-likeness (QED) is 0.155. The number of unbranched alkanes of at least 4 members (excludes halogenated alkanes) is 16. The van der Waals surface area contributed by atoms with E-state index in [0.717, 1.165) is 38.5 Å². The molecular formula is C30H58N2O2. The first-order valence-corrected chi connectivity index (χ1v) is 15.1. The average Bonchev–Trinajstić information content (AvgIpc) is 2.83. The Kier molecular flexibility index (Phi) is 17.0. The topological polar surface area (TPSA) is 86.2 Å². The predicted molar refractivity (Wildman–Crippen MR) is 146 cm³/mol. The Morgan fingerprint density at radius 1 is 0.500 bits per heavy atom. The molecule has 0 aliphatic heterocycles. The molecule has 0 bridgehead atoms. The molecule has 0 aromatic carbocycles. The number of hydrogen-bond donors (Lipinski definition) is 2. The number of ketones is 2. The summed E-state index contributed by atoms with van der Waals surface area (Å²) in [7, 11) is 0. The molecule has 4 nitrogen and oxygen atoms in total. The molecule has 0 aromatic rings. The van der Waals surface area contributed by atoms with E-state index in [1.807, 2.05) is 0 Å². The minimum absolute atomic E-state index is 0.0260. The molecule has 0 spiro atoms. The first kappa shape index (κ1) is 31.3. The molecule has 4 heteroatoms. The van der Waals surface area contributed by atoms with Crippen LogP contribution >= 0.6 is 0 Å². The third-order valence-electron chi connectivity index (χ3n) is 8.20. The molecule has 0 saturated heterocycles. The maximum Gasteiger partial charge on any atom is 0.155 e. The summed E-state index contributed by atoms with van der Waals surface area (Å²) >= 11 is 0. The van der Waals surface area contributed by atoms with Gasteiger partial charge >= 0.3 is 0 Å². The van der Waals surface area contributed by atoms with Gasteiger partial charge in [-0.15, -0.1) is 0 Å². The smallest absolute Gasteiger partial charge is 0.155 e. The van der Waals surface area contributed by atoms with Gasteiger partial charge in [0, 0.05) is 12.8 Å². The van der Waals surface area contributed by atoms with Crippen LogP contribution in [0.15, 0.2) is 0 Å². The van der Waals surface area contributed by atoms with Crippen LogP contribution in [0.5, 0.6) is 0 Å². The number of hydrogen-bond acceptors (Lipinski definition) is 4. The monoisotopic (exact) mass is 478 g/mol. The van der Waals surface area contributed by atoms with Crippen molar-refractivity contribution in [1.29, 1.82) is 0 Å². The molecule has 0 heterocycles. The van der Waals surface area contributed by atoms with Crippen LogP contribution in [0, 0.1) is 0 Å². The highest BCUT2D eigenvalue weighted by atomic mass is 16.1. The van der Waals surface area contributed by atoms with Gasteiger partial charge in [0.05, 0.1) is 0 Å². The molecule has 1 fully saturated rings. The summed E-state index contributed by atoms with van der Waals surface area (Å²) < 4.78 is 0. The maximum absolute atomic E-state index is 13.2. The third kappa shape index (κ3) is 10.9. The standard InChI is InChI=1S/C30H58N2O2/c1-3-5-7-9-11-13-15-17-19-23-27(33)29(31)25-21-22-26-30(29,32)28(34)24-20-18-16-14-12-10-8-6-4-2/h3-26,31-32H2,1-2H3. The van der Waals surface area contributed by atoms with E-state index in [4.69, 9.17) is 11.5 Å².